The Labute approximate surface area is 127 Å². The number of nitrogens with one attached hydrogen (secondary N) is 2. The van der Waals surface area contributed by atoms with Crippen molar-refractivity contribution in [3.63, 3.8) is 0 Å². The van der Waals surface area contributed by atoms with Gasteiger partial charge in [0.2, 0.25) is 5.09 Å². The smallest absolute Gasteiger partial charge is 0.273 e. The molecule has 120 valence electrons. The molecule has 2 N–H and O–H groups in total. The van der Waals surface area contributed by atoms with Gasteiger partial charge in [-0.1, -0.05) is 27.2 Å². The summed E-state index contributed by atoms with van der Waals surface area (Å²) in [5, 5.41) is 3.21. The Hall–Kier alpha value is -0.850. The lowest BCUT2D eigenvalue weighted by Gasteiger charge is -2.10. The first-order valence-electron chi connectivity index (χ1n) is 7.68. The molecular formula is C15H26N2O3S. The van der Waals surface area contributed by atoms with Gasteiger partial charge < -0.3 is 9.73 Å². The zero-order chi connectivity index (χ0) is 15.5. The van der Waals surface area contributed by atoms with Crippen molar-refractivity contribution in [1.82, 2.24) is 10.0 Å². The van der Waals surface area contributed by atoms with Crippen LogP contribution in [-0.4, -0.2) is 21.0 Å². The highest BCUT2D eigenvalue weighted by Gasteiger charge is 2.25. The fraction of sp³-hybridized carbons (Fsp3) is 0.733. The van der Waals surface area contributed by atoms with Gasteiger partial charge in [-0.3, -0.25) is 0 Å². The van der Waals surface area contributed by atoms with Gasteiger partial charge in [-0.05, 0) is 36.8 Å². The molecule has 0 bridgehead atoms. The highest BCUT2D eigenvalue weighted by molar-refractivity contribution is 7.89. The van der Waals surface area contributed by atoms with Crippen molar-refractivity contribution in [1.29, 1.82) is 0 Å². The van der Waals surface area contributed by atoms with Crippen LogP contribution in [0.5, 0.6) is 0 Å². The molecular weight excluding hydrogens is 288 g/mol. The molecule has 0 amide bonds. The van der Waals surface area contributed by atoms with Gasteiger partial charge in [0, 0.05) is 12.6 Å². The van der Waals surface area contributed by atoms with Gasteiger partial charge >= 0.3 is 0 Å². The second kappa shape index (κ2) is 6.94. The summed E-state index contributed by atoms with van der Waals surface area (Å²) in [5.74, 6) is 1.79. The molecule has 21 heavy (non-hydrogen) atoms. The minimum atomic E-state index is -3.53. The summed E-state index contributed by atoms with van der Waals surface area (Å²) < 4.78 is 32.5. The number of sulfonamides is 1. The average Bonchev–Trinajstić information content (AvgIpc) is 3.03. The molecule has 2 unspecified atom stereocenters. The molecule has 0 aliphatic heterocycles. The van der Waals surface area contributed by atoms with Gasteiger partial charge in [-0.25, -0.2) is 13.1 Å². The maximum Gasteiger partial charge on any atom is 0.273 e. The van der Waals surface area contributed by atoms with Crippen LogP contribution in [0.15, 0.2) is 21.6 Å². The minimum Gasteiger partial charge on any atom is -0.447 e. The largest absolute Gasteiger partial charge is 0.447 e. The highest BCUT2D eigenvalue weighted by atomic mass is 32.2. The van der Waals surface area contributed by atoms with Crippen LogP contribution in [0.3, 0.4) is 0 Å². The Morgan fingerprint density at radius 1 is 1.33 bits per heavy atom. The summed E-state index contributed by atoms with van der Waals surface area (Å²) in [5.41, 5.74) is 0. The molecule has 1 saturated carbocycles. The third kappa shape index (κ3) is 4.83. The van der Waals surface area contributed by atoms with Crippen molar-refractivity contribution in [2.24, 2.45) is 11.8 Å². The van der Waals surface area contributed by atoms with Gasteiger partial charge in [0.25, 0.3) is 10.0 Å². The maximum absolute atomic E-state index is 12.2. The maximum atomic E-state index is 12.2. The third-order valence-corrected chi connectivity index (χ3v) is 5.25. The lowest BCUT2D eigenvalue weighted by Crippen LogP contribution is -2.28. The predicted molar refractivity (Wildman–Crippen MR) is 82.4 cm³/mol. The fourth-order valence-corrected chi connectivity index (χ4v) is 3.77. The number of hydrogen-bond donors (Lipinski definition) is 2. The number of hydrogen-bond acceptors (Lipinski definition) is 4. The van der Waals surface area contributed by atoms with E-state index in [1.807, 2.05) is 13.8 Å². The summed E-state index contributed by atoms with van der Waals surface area (Å²) in [6.07, 6.45) is 3.40. The second-order valence-electron chi connectivity index (χ2n) is 6.39. The van der Waals surface area contributed by atoms with Crippen LogP contribution in [0.2, 0.25) is 0 Å². The predicted octanol–water partition coefficient (Wildman–Crippen LogP) is 2.49. The molecule has 1 aromatic rings. The van der Waals surface area contributed by atoms with Crippen LogP contribution < -0.4 is 10.0 Å². The van der Waals surface area contributed by atoms with Gasteiger partial charge in [-0.15, -0.1) is 0 Å². The summed E-state index contributed by atoms with van der Waals surface area (Å²) in [6.45, 7) is 7.32. The first-order chi connectivity index (χ1) is 9.87. The molecule has 1 aliphatic rings. The fourth-order valence-electron chi connectivity index (χ4n) is 2.71. The molecule has 0 saturated heterocycles. The van der Waals surface area contributed by atoms with Crippen molar-refractivity contribution >= 4 is 10.0 Å². The van der Waals surface area contributed by atoms with E-state index in [1.165, 1.54) is 12.5 Å². The first kappa shape index (κ1) is 16.5. The molecule has 0 spiro atoms. The van der Waals surface area contributed by atoms with Crippen LogP contribution in [0.1, 0.15) is 45.8 Å². The molecule has 5 nitrogen and oxygen atoms in total. The lowest BCUT2D eigenvalue weighted by atomic mass is 10.1. The van der Waals surface area contributed by atoms with Gasteiger partial charge in [0.15, 0.2) is 0 Å². The van der Waals surface area contributed by atoms with Crippen molar-refractivity contribution < 1.29 is 12.8 Å². The van der Waals surface area contributed by atoms with Crippen molar-refractivity contribution in [3.8, 4) is 0 Å². The molecule has 1 heterocycles. The SMILES string of the molecule is CC1CCC(CNS(=O)(=O)c2ccc(CNC(C)C)o2)C1. The van der Waals surface area contributed by atoms with Crippen LogP contribution in [-0.2, 0) is 16.6 Å². The quantitative estimate of drug-likeness (QED) is 0.811. The van der Waals surface area contributed by atoms with E-state index in [4.69, 9.17) is 4.42 Å². The molecule has 0 radical (unpaired) electrons. The molecule has 1 aliphatic carbocycles. The molecule has 2 rings (SSSR count). The summed E-state index contributed by atoms with van der Waals surface area (Å²) >= 11 is 0. The molecule has 2 atom stereocenters. The molecule has 0 aromatic carbocycles. The molecule has 1 fully saturated rings. The minimum absolute atomic E-state index is 0.00843. The van der Waals surface area contributed by atoms with Crippen molar-refractivity contribution in [2.45, 2.75) is 57.7 Å². The number of rotatable bonds is 7. The monoisotopic (exact) mass is 314 g/mol. The van der Waals surface area contributed by atoms with Gasteiger partial charge in [0.05, 0.1) is 6.54 Å². The Morgan fingerprint density at radius 2 is 2.10 bits per heavy atom. The van der Waals surface area contributed by atoms with E-state index in [0.717, 1.165) is 12.8 Å². The van der Waals surface area contributed by atoms with Crippen molar-refractivity contribution in [2.75, 3.05) is 6.54 Å². The lowest BCUT2D eigenvalue weighted by molar-refractivity contribution is 0.391. The normalized spacial score (nSPS) is 23.0. The topological polar surface area (TPSA) is 71.3 Å². The van der Waals surface area contributed by atoms with Crippen LogP contribution in [0.4, 0.5) is 0 Å². The Morgan fingerprint density at radius 3 is 2.71 bits per heavy atom. The summed E-state index contributed by atoms with van der Waals surface area (Å²) in [6, 6.07) is 3.57. The standard InChI is InChI=1S/C15H26N2O3S/c1-11(2)16-10-14-6-7-15(20-14)21(18,19)17-9-13-5-4-12(3)8-13/h6-7,11-13,16-17H,4-5,8-10H2,1-3H3. The van der Waals surface area contributed by atoms with Crippen molar-refractivity contribution in [3.05, 3.63) is 17.9 Å². The summed E-state index contributed by atoms with van der Waals surface area (Å²) in [7, 11) is -3.53. The van der Waals surface area contributed by atoms with Crippen LogP contribution in [0, 0.1) is 11.8 Å². The molecule has 1 aromatic heterocycles. The van der Waals surface area contributed by atoms with Gasteiger partial charge in [-0.2, -0.15) is 0 Å². The van der Waals surface area contributed by atoms with Crippen LogP contribution >= 0.6 is 0 Å². The second-order valence-corrected chi connectivity index (χ2v) is 8.09. The summed E-state index contributed by atoms with van der Waals surface area (Å²) in [4.78, 5) is 0. The van der Waals surface area contributed by atoms with Gasteiger partial charge in [0.1, 0.15) is 5.76 Å². The highest BCUT2D eigenvalue weighted by Crippen LogP contribution is 2.30. The van der Waals surface area contributed by atoms with E-state index in [0.29, 0.717) is 36.7 Å². The van der Waals surface area contributed by atoms with E-state index in [2.05, 4.69) is 17.0 Å². The third-order valence-electron chi connectivity index (χ3n) is 3.95. The van der Waals surface area contributed by atoms with E-state index < -0.39 is 10.0 Å². The number of furan rings is 1. The Bertz CT molecular complexity index is 551. The zero-order valence-electron chi connectivity index (χ0n) is 13.1. The van der Waals surface area contributed by atoms with E-state index in [1.54, 1.807) is 6.07 Å². The van der Waals surface area contributed by atoms with E-state index >= 15 is 0 Å². The van der Waals surface area contributed by atoms with E-state index in [9.17, 15) is 8.42 Å². The zero-order valence-corrected chi connectivity index (χ0v) is 13.9. The Kier molecular flexibility index (Phi) is 5.46. The average molecular weight is 314 g/mol. The Balaban J connectivity index is 1.90. The molecule has 6 heteroatoms. The van der Waals surface area contributed by atoms with E-state index in [-0.39, 0.29) is 5.09 Å². The first-order valence-corrected chi connectivity index (χ1v) is 9.17. The van der Waals surface area contributed by atoms with Crippen LogP contribution in [0.25, 0.3) is 0 Å².